The number of pyridine rings is 1. The van der Waals surface area contributed by atoms with E-state index in [1.807, 2.05) is 18.2 Å². The Morgan fingerprint density at radius 1 is 1.30 bits per heavy atom. The van der Waals surface area contributed by atoms with Crippen LogP contribution in [0.3, 0.4) is 0 Å². The number of hydrogen-bond donors (Lipinski definition) is 1. The van der Waals surface area contributed by atoms with Gasteiger partial charge in [-0.05, 0) is 54.7 Å². The molecule has 1 aliphatic carbocycles. The van der Waals surface area contributed by atoms with Gasteiger partial charge in [-0.1, -0.05) is 23.7 Å². The number of fused-ring (bicyclic) bond motifs is 1. The quantitative estimate of drug-likeness (QED) is 0.858. The van der Waals surface area contributed by atoms with E-state index in [9.17, 15) is 0 Å². The fourth-order valence-electron chi connectivity index (χ4n) is 2.73. The van der Waals surface area contributed by atoms with Crippen molar-refractivity contribution in [3.63, 3.8) is 0 Å². The summed E-state index contributed by atoms with van der Waals surface area (Å²) in [6.07, 6.45) is 3.37. The maximum absolute atomic E-state index is 5.93. The lowest BCUT2D eigenvalue weighted by atomic mass is 9.87. The number of methoxy groups -OCH3 is 1. The first-order chi connectivity index (χ1) is 9.76. The summed E-state index contributed by atoms with van der Waals surface area (Å²) in [6, 6.07) is 12.2. The molecule has 1 aromatic carbocycles. The highest BCUT2D eigenvalue weighted by Gasteiger charge is 2.20. The molecule has 0 saturated heterocycles. The zero-order valence-corrected chi connectivity index (χ0v) is 12.2. The number of halogens is 1. The first-order valence-electron chi connectivity index (χ1n) is 6.82. The van der Waals surface area contributed by atoms with Crippen molar-refractivity contribution in [3.8, 4) is 5.75 Å². The van der Waals surface area contributed by atoms with E-state index in [4.69, 9.17) is 16.3 Å². The predicted molar refractivity (Wildman–Crippen MR) is 81.5 cm³/mol. The van der Waals surface area contributed by atoms with Crippen molar-refractivity contribution >= 4 is 17.4 Å². The molecule has 0 aliphatic heterocycles. The van der Waals surface area contributed by atoms with E-state index in [0.717, 1.165) is 24.4 Å². The van der Waals surface area contributed by atoms with Gasteiger partial charge in [0, 0.05) is 0 Å². The molecular formula is C16H17ClN2O. The van der Waals surface area contributed by atoms with Crippen molar-refractivity contribution in [3.05, 3.63) is 52.7 Å². The van der Waals surface area contributed by atoms with Crippen LogP contribution in [0.15, 0.2) is 36.4 Å². The molecule has 1 aromatic heterocycles. The molecule has 20 heavy (non-hydrogen) atoms. The van der Waals surface area contributed by atoms with Crippen molar-refractivity contribution in [1.29, 1.82) is 0 Å². The van der Waals surface area contributed by atoms with Crippen LogP contribution in [-0.4, -0.2) is 12.1 Å². The van der Waals surface area contributed by atoms with Gasteiger partial charge in [-0.2, -0.15) is 0 Å². The summed E-state index contributed by atoms with van der Waals surface area (Å²) in [7, 11) is 1.70. The molecule has 0 fully saturated rings. The maximum atomic E-state index is 5.93. The summed E-state index contributed by atoms with van der Waals surface area (Å²) >= 11 is 5.93. The van der Waals surface area contributed by atoms with Crippen LogP contribution in [0.2, 0.25) is 5.15 Å². The van der Waals surface area contributed by atoms with E-state index in [2.05, 4.69) is 22.4 Å². The van der Waals surface area contributed by atoms with Crippen molar-refractivity contribution in [2.24, 2.45) is 0 Å². The zero-order valence-electron chi connectivity index (χ0n) is 11.4. The Morgan fingerprint density at radius 2 is 2.20 bits per heavy atom. The molecule has 1 atom stereocenters. The molecule has 1 N–H and O–H groups in total. The van der Waals surface area contributed by atoms with Gasteiger partial charge in [0.2, 0.25) is 0 Å². The van der Waals surface area contributed by atoms with Crippen molar-refractivity contribution in [1.82, 2.24) is 4.98 Å². The highest BCUT2D eigenvalue weighted by Crippen LogP contribution is 2.34. The third-order valence-electron chi connectivity index (χ3n) is 3.70. The van der Waals surface area contributed by atoms with Gasteiger partial charge in [0.1, 0.15) is 16.7 Å². The Balaban J connectivity index is 1.86. The second-order valence-corrected chi connectivity index (χ2v) is 5.39. The number of aromatic nitrogens is 1. The average Bonchev–Trinajstić information content (AvgIpc) is 2.47. The van der Waals surface area contributed by atoms with Crippen molar-refractivity contribution in [2.45, 2.75) is 25.3 Å². The number of aryl methyl sites for hydroxylation is 1. The molecule has 0 bridgehead atoms. The number of hydrogen-bond acceptors (Lipinski definition) is 3. The van der Waals surface area contributed by atoms with Crippen molar-refractivity contribution in [2.75, 3.05) is 12.4 Å². The molecule has 1 heterocycles. The second kappa shape index (κ2) is 5.71. The van der Waals surface area contributed by atoms with Crippen LogP contribution < -0.4 is 10.1 Å². The van der Waals surface area contributed by atoms with Gasteiger partial charge in [0.25, 0.3) is 0 Å². The Bertz CT molecular complexity index is 615. The molecule has 0 amide bonds. The summed E-state index contributed by atoms with van der Waals surface area (Å²) in [6.45, 7) is 0. The molecule has 1 unspecified atom stereocenters. The SMILES string of the molecule is COc1ccc2c(c1)CCCC2Nc1cccc(Cl)n1. The van der Waals surface area contributed by atoms with Crippen LogP contribution in [0.25, 0.3) is 0 Å². The van der Waals surface area contributed by atoms with Gasteiger partial charge >= 0.3 is 0 Å². The standard InChI is InChI=1S/C16H17ClN2O/c1-20-12-8-9-13-11(10-12)4-2-5-14(13)18-16-7-3-6-15(17)19-16/h3,6-10,14H,2,4-5H2,1H3,(H,18,19). The lowest BCUT2D eigenvalue weighted by Gasteiger charge is -2.27. The Morgan fingerprint density at radius 3 is 3.00 bits per heavy atom. The van der Waals surface area contributed by atoms with Crippen LogP contribution in [0.5, 0.6) is 5.75 Å². The second-order valence-electron chi connectivity index (χ2n) is 5.00. The number of ether oxygens (including phenoxy) is 1. The molecule has 0 spiro atoms. The zero-order chi connectivity index (χ0) is 13.9. The minimum absolute atomic E-state index is 0.288. The molecule has 0 saturated carbocycles. The molecule has 1 aliphatic rings. The number of nitrogens with one attached hydrogen (secondary N) is 1. The molecule has 3 nitrogen and oxygen atoms in total. The van der Waals surface area contributed by atoms with Crippen LogP contribution >= 0.6 is 11.6 Å². The summed E-state index contributed by atoms with van der Waals surface area (Å²) in [5.74, 6) is 1.75. The van der Waals surface area contributed by atoms with Crippen LogP contribution in [0.1, 0.15) is 30.0 Å². The summed E-state index contributed by atoms with van der Waals surface area (Å²) in [5, 5.41) is 3.99. The molecule has 4 heteroatoms. The number of nitrogens with zero attached hydrogens (tertiary/aromatic N) is 1. The number of rotatable bonds is 3. The van der Waals surface area contributed by atoms with E-state index in [-0.39, 0.29) is 6.04 Å². The van der Waals surface area contributed by atoms with Gasteiger partial charge in [0.15, 0.2) is 0 Å². The molecule has 2 aromatic rings. The average molecular weight is 289 g/mol. The number of anilines is 1. The summed E-state index contributed by atoms with van der Waals surface area (Å²) in [5.41, 5.74) is 2.69. The Kier molecular flexibility index (Phi) is 3.79. The van der Waals surface area contributed by atoms with Gasteiger partial charge in [-0.15, -0.1) is 0 Å². The largest absolute Gasteiger partial charge is 0.497 e. The fraction of sp³-hybridized carbons (Fsp3) is 0.312. The van der Waals surface area contributed by atoms with Gasteiger partial charge < -0.3 is 10.1 Å². The van der Waals surface area contributed by atoms with E-state index < -0.39 is 0 Å². The summed E-state index contributed by atoms with van der Waals surface area (Å²) < 4.78 is 5.30. The molecule has 3 rings (SSSR count). The fourth-order valence-corrected chi connectivity index (χ4v) is 2.90. The Labute approximate surface area is 123 Å². The van der Waals surface area contributed by atoms with E-state index in [0.29, 0.717) is 5.15 Å². The van der Waals surface area contributed by atoms with Gasteiger partial charge in [-0.3, -0.25) is 0 Å². The topological polar surface area (TPSA) is 34.1 Å². The van der Waals surface area contributed by atoms with Gasteiger partial charge in [-0.25, -0.2) is 4.98 Å². The van der Waals surface area contributed by atoms with E-state index in [1.54, 1.807) is 13.2 Å². The minimum Gasteiger partial charge on any atom is -0.497 e. The smallest absolute Gasteiger partial charge is 0.131 e. The highest BCUT2D eigenvalue weighted by molar-refractivity contribution is 6.29. The van der Waals surface area contributed by atoms with Crippen LogP contribution in [-0.2, 0) is 6.42 Å². The highest BCUT2D eigenvalue weighted by atomic mass is 35.5. The Hall–Kier alpha value is -1.74. The van der Waals surface area contributed by atoms with E-state index in [1.165, 1.54) is 17.5 Å². The first kappa shape index (κ1) is 13.3. The van der Waals surface area contributed by atoms with E-state index >= 15 is 0 Å². The van der Waals surface area contributed by atoms with Crippen molar-refractivity contribution < 1.29 is 4.74 Å². The molecule has 0 radical (unpaired) electrons. The lowest BCUT2D eigenvalue weighted by Crippen LogP contribution is -2.18. The third-order valence-corrected chi connectivity index (χ3v) is 3.91. The summed E-state index contributed by atoms with van der Waals surface area (Å²) in [4.78, 5) is 4.30. The van der Waals surface area contributed by atoms with Crippen LogP contribution in [0, 0.1) is 0 Å². The molecule has 104 valence electrons. The van der Waals surface area contributed by atoms with Gasteiger partial charge in [0.05, 0.1) is 13.2 Å². The number of benzene rings is 1. The third kappa shape index (κ3) is 2.73. The maximum Gasteiger partial charge on any atom is 0.131 e. The lowest BCUT2D eigenvalue weighted by molar-refractivity contribution is 0.413. The minimum atomic E-state index is 0.288. The molecular weight excluding hydrogens is 272 g/mol. The first-order valence-corrected chi connectivity index (χ1v) is 7.20. The predicted octanol–water partition coefficient (Wildman–Crippen LogP) is 4.23. The van der Waals surface area contributed by atoms with Crippen LogP contribution in [0.4, 0.5) is 5.82 Å². The normalized spacial score (nSPS) is 17.4. The monoisotopic (exact) mass is 288 g/mol.